The van der Waals surface area contributed by atoms with Crippen LogP contribution in [0.1, 0.15) is 17.2 Å². The summed E-state index contributed by atoms with van der Waals surface area (Å²) < 4.78 is 40.1. The molecule has 2 aromatic rings. The number of hydrogen-bond acceptors (Lipinski definition) is 6. The summed E-state index contributed by atoms with van der Waals surface area (Å²) in [5.74, 6) is -3.61. The third kappa shape index (κ3) is 4.37. The molecule has 0 saturated heterocycles. The highest BCUT2D eigenvalue weighted by atomic mass is 19.3. The molecule has 3 rings (SSSR count). The second kappa shape index (κ2) is 7.67. The van der Waals surface area contributed by atoms with Crippen molar-refractivity contribution in [3.63, 3.8) is 0 Å². The Hall–Kier alpha value is -3.07. The van der Waals surface area contributed by atoms with Crippen LogP contribution in [-0.4, -0.2) is 30.5 Å². The minimum Gasteiger partial charge on any atom is -0.483 e. The molecule has 0 amide bonds. The van der Waals surface area contributed by atoms with Crippen molar-refractivity contribution < 1.29 is 23.2 Å². The summed E-state index contributed by atoms with van der Waals surface area (Å²) >= 11 is 0. The first-order chi connectivity index (χ1) is 12.9. The van der Waals surface area contributed by atoms with Crippen LogP contribution < -0.4 is 10.5 Å². The van der Waals surface area contributed by atoms with Crippen LogP contribution in [0, 0.1) is 10.1 Å². The van der Waals surface area contributed by atoms with Gasteiger partial charge >= 0.3 is 0 Å². The largest absolute Gasteiger partial charge is 0.483 e. The molecule has 0 aromatic heterocycles. The van der Waals surface area contributed by atoms with Gasteiger partial charge in [0.15, 0.2) is 0 Å². The van der Waals surface area contributed by atoms with E-state index in [0.717, 1.165) is 12.1 Å². The molecule has 0 spiro atoms. The number of amidine groups is 1. The Morgan fingerprint density at radius 2 is 1.96 bits per heavy atom. The van der Waals surface area contributed by atoms with Gasteiger partial charge in [0.25, 0.3) is 11.6 Å². The second-order valence-corrected chi connectivity index (χ2v) is 5.98. The van der Waals surface area contributed by atoms with Gasteiger partial charge in [0.2, 0.25) is 0 Å². The van der Waals surface area contributed by atoms with E-state index in [2.05, 4.69) is 4.99 Å². The van der Waals surface area contributed by atoms with Crippen LogP contribution in [-0.2, 0) is 10.7 Å². The highest BCUT2D eigenvalue weighted by molar-refractivity contribution is 5.81. The SMILES string of the molecule is NC1=NCC(c2ccccc2)Oc2ccc([N+](=O)[O-])cc2C(F)(F)COC1. The maximum Gasteiger partial charge on any atom is 0.299 e. The zero-order valence-corrected chi connectivity index (χ0v) is 14.2. The number of alkyl halides is 2. The molecule has 1 atom stereocenters. The summed E-state index contributed by atoms with van der Waals surface area (Å²) in [7, 11) is 0. The van der Waals surface area contributed by atoms with Gasteiger partial charge in [0, 0.05) is 12.1 Å². The van der Waals surface area contributed by atoms with Crippen LogP contribution in [0.3, 0.4) is 0 Å². The summed E-state index contributed by atoms with van der Waals surface area (Å²) in [6, 6.07) is 12.0. The van der Waals surface area contributed by atoms with Crippen LogP contribution in [0.4, 0.5) is 14.5 Å². The summed E-state index contributed by atoms with van der Waals surface area (Å²) in [5.41, 5.74) is 5.35. The van der Waals surface area contributed by atoms with E-state index >= 15 is 0 Å². The number of ether oxygens (including phenoxy) is 2. The van der Waals surface area contributed by atoms with Crippen LogP contribution in [0.5, 0.6) is 5.75 Å². The lowest BCUT2D eigenvalue weighted by molar-refractivity contribution is -0.385. The van der Waals surface area contributed by atoms with Crippen LogP contribution >= 0.6 is 0 Å². The number of non-ortho nitro benzene ring substituents is 1. The summed E-state index contributed by atoms with van der Waals surface area (Å²) in [6.45, 7) is -1.20. The van der Waals surface area contributed by atoms with Gasteiger partial charge < -0.3 is 15.2 Å². The molecule has 0 bridgehead atoms. The van der Waals surface area contributed by atoms with Crippen LogP contribution in [0.2, 0.25) is 0 Å². The molecule has 27 heavy (non-hydrogen) atoms. The average molecular weight is 377 g/mol. The lowest BCUT2D eigenvalue weighted by Crippen LogP contribution is -2.26. The van der Waals surface area contributed by atoms with Gasteiger partial charge in [-0.25, -0.2) is 0 Å². The van der Waals surface area contributed by atoms with E-state index in [1.54, 1.807) is 24.3 Å². The van der Waals surface area contributed by atoms with E-state index in [4.69, 9.17) is 15.2 Å². The van der Waals surface area contributed by atoms with E-state index in [0.29, 0.717) is 5.56 Å². The number of rotatable bonds is 2. The Kier molecular flexibility index (Phi) is 5.31. The van der Waals surface area contributed by atoms with E-state index in [-0.39, 0.29) is 24.7 Å². The second-order valence-electron chi connectivity index (χ2n) is 5.98. The summed E-state index contributed by atoms with van der Waals surface area (Å²) in [6.07, 6.45) is -0.696. The average Bonchev–Trinajstić information content (AvgIpc) is 2.66. The lowest BCUT2D eigenvalue weighted by Gasteiger charge is -2.23. The Labute approximate surface area is 153 Å². The monoisotopic (exact) mass is 377 g/mol. The van der Waals surface area contributed by atoms with Crippen LogP contribution in [0.25, 0.3) is 0 Å². The van der Waals surface area contributed by atoms with Crippen molar-refractivity contribution in [2.45, 2.75) is 12.0 Å². The Balaban J connectivity index is 2.08. The molecule has 0 radical (unpaired) electrons. The van der Waals surface area contributed by atoms with Gasteiger partial charge in [-0.3, -0.25) is 15.1 Å². The predicted octanol–water partition coefficient (Wildman–Crippen LogP) is 3.19. The first-order valence-corrected chi connectivity index (χ1v) is 8.12. The molecule has 7 nitrogen and oxygen atoms in total. The normalized spacial score (nSPS) is 19.8. The molecule has 1 aliphatic rings. The molecule has 2 N–H and O–H groups in total. The molecule has 2 aromatic carbocycles. The Morgan fingerprint density at radius 3 is 2.67 bits per heavy atom. The third-order valence-electron chi connectivity index (χ3n) is 4.00. The standard InChI is InChI=1S/C18H17F2N3O4/c19-18(20)11-26-10-17(21)22-9-16(12-4-2-1-3-5-12)27-15-7-6-13(23(24)25)8-14(15)18/h1-8,16H,9-11H2,(H2,21,22). The number of benzene rings is 2. The highest BCUT2D eigenvalue weighted by Crippen LogP contribution is 2.39. The smallest absolute Gasteiger partial charge is 0.299 e. The van der Waals surface area contributed by atoms with Crippen molar-refractivity contribution in [1.82, 2.24) is 0 Å². The zero-order valence-electron chi connectivity index (χ0n) is 14.2. The van der Waals surface area contributed by atoms with Crippen molar-refractivity contribution in [2.75, 3.05) is 19.8 Å². The quantitative estimate of drug-likeness (QED) is 0.640. The van der Waals surface area contributed by atoms with Crippen molar-refractivity contribution in [3.8, 4) is 5.75 Å². The zero-order chi connectivity index (χ0) is 19.4. The molecule has 0 aliphatic carbocycles. The van der Waals surface area contributed by atoms with E-state index in [9.17, 15) is 18.9 Å². The summed E-state index contributed by atoms with van der Waals surface area (Å²) in [4.78, 5) is 14.4. The van der Waals surface area contributed by atoms with Gasteiger partial charge in [0.1, 0.15) is 30.9 Å². The number of aliphatic imine (C=N–C) groups is 1. The number of nitro groups is 1. The van der Waals surface area contributed by atoms with Gasteiger partial charge in [0.05, 0.1) is 17.0 Å². The molecule has 0 saturated carbocycles. The maximum atomic E-state index is 14.7. The minimum absolute atomic E-state index is 0.0623. The number of nitrogens with two attached hydrogens (primary N) is 1. The molecule has 1 aliphatic heterocycles. The summed E-state index contributed by atoms with van der Waals surface area (Å²) in [5, 5.41) is 11.0. The first kappa shape index (κ1) is 18.7. The molecule has 1 unspecified atom stereocenters. The van der Waals surface area contributed by atoms with Crippen LogP contribution in [0.15, 0.2) is 53.5 Å². The fourth-order valence-corrected chi connectivity index (χ4v) is 2.66. The van der Waals surface area contributed by atoms with E-state index in [1.807, 2.05) is 6.07 Å². The molecule has 9 heteroatoms. The fraction of sp³-hybridized carbons (Fsp3) is 0.278. The van der Waals surface area contributed by atoms with Crippen molar-refractivity contribution in [1.29, 1.82) is 0 Å². The minimum atomic E-state index is -3.51. The fourth-order valence-electron chi connectivity index (χ4n) is 2.66. The number of nitro benzene ring substituents is 1. The topological polar surface area (TPSA) is 100.0 Å². The van der Waals surface area contributed by atoms with Gasteiger partial charge in [-0.1, -0.05) is 30.3 Å². The van der Waals surface area contributed by atoms with Crippen molar-refractivity contribution in [3.05, 3.63) is 69.8 Å². The van der Waals surface area contributed by atoms with Gasteiger partial charge in [-0.2, -0.15) is 8.78 Å². The number of halogens is 2. The van der Waals surface area contributed by atoms with Gasteiger partial charge in [-0.15, -0.1) is 0 Å². The number of fused-ring (bicyclic) bond motifs is 1. The molecule has 142 valence electrons. The van der Waals surface area contributed by atoms with E-state index in [1.165, 1.54) is 6.07 Å². The van der Waals surface area contributed by atoms with Crippen molar-refractivity contribution in [2.24, 2.45) is 10.7 Å². The number of nitrogens with zero attached hydrogens (tertiary/aromatic N) is 2. The van der Waals surface area contributed by atoms with E-state index < -0.39 is 34.8 Å². The third-order valence-corrected chi connectivity index (χ3v) is 4.00. The highest BCUT2D eigenvalue weighted by Gasteiger charge is 2.38. The molecule has 0 fully saturated rings. The van der Waals surface area contributed by atoms with Crippen molar-refractivity contribution >= 4 is 11.5 Å². The predicted molar refractivity (Wildman–Crippen MR) is 94.1 cm³/mol. The van der Waals surface area contributed by atoms with Gasteiger partial charge in [-0.05, 0) is 11.6 Å². The first-order valence-electron chi connectivity index (χ1n) is 8.12. The number of hydrogen-bond donors (Lipinski definition) is 1. The lowest BCUT2D eigenvalue weighted by atomic mass is 10.1. The maximum absolute atomic E-state index is 14.7. The Bertz CT molecular complexity index is 859. The molecular formula is C18H17F2N3O4. The molecular weight excluding hydrogens is 360 g/mol. The molecule has 1 heterocycles. The Morgan fingerprint density at radius 1 is 1.22 bits per heavy atom.